The lowest BCUT2D eigenvalue weighted by Crippen LogP contribution is -2.68. The van der Waals surface area contributed by atoms with E-state index in [0.29, 0.717) is 24.0 Å². The molecule has 2 N–H and O–H groups in total. The van der Waals surface area contributed by atoms with Gasteiger partial charge < -0.3 is 20.3 Å². The Balaban J connectivity index is 0.00000288. The lowest BCUT2D eigenvalue weighted by molar-refractivity contribution is -0.127. The maximum Gasteiger partial charge on any atom is 0.243 e. The van der Waals surface area contributed by atoms with Crippen molar-refractivity contribution < 1.29 is 9.53 Å². The van der Waals surface area contributed by atoms with Crippen LogP contribution in [0.4, 0.5) is 0 Å². The number of amides is 1. The molecule has 24 heavy (non-hydrogen) atoms. The van der Waals surface area contributed by atoms with Crippen LogP contribution in [0.1, 0.15) is 34.1 Å². The van der Waals surface area contributed by atoms with Crippen molar-refractivity contribution in [2.45, 2.75) is 46.3 Å². The van der Waals surface area contributed by atoms with Crippen molar-refractivity contribution in [2.24, 2.45) is 22.2 Å². The van der Waals surface area contributed by atoms with Gasteiger partial charge in [-0.2, -0.15) is 0 Å². The van der Waals surface area contributed by atoms with Gasteiger partial charge in [0, 0.05) is 44.6 Å². The maximum absolute atomic E-state index is 11.8. The highest BCUT2D eigenvalue weighted by Crippen LogP contribution is 2.52. The molecule has 1 amide bonds. The van der Waals surface area contributed by atoms with Crippen LogP contribution in [0, 0.1) is 17.3 Å². The predicted octanol–water partition coefficient (Wildman–Crippen LogP) is 1.70. The van der Waals surface area contributed by atoms with Crippen LogP contribution in [0.25, 0.3) is 0 Å². The van der Waals surface area contributed by atoms with Gasteiger partial charge in [0.25, 0.3) is 0 Å². The molecule has 140 valence electrons. The molecule has 1 saturated heterocycles. The molecule has 6 nitrogen and oxygen atoms in total. The molecule has 3 atom stereocenters. The Kier molecular flexibility index (Phi) is 7.77. The third-order valence-electron chi connectivity index (χ3n) is 4.94. The van der Waals surface area contributed by atoms with E-state index in [2.05, 4.69) is 43.3 Å². The van der Waals surface area contributed by atoms with Gasteiger partial charge in [-0.15, -0.1) is 24.0 Å². The highest BCUT2D eigenvalue weighted by molar-refractivity contribution is 14.0. The molecule has 1 aliphatic carbocycles. The van der Waals surface area contributed by atoms with E-state index in [0.717, 1.165) is 25.5 Å². The van der Waals surface area contributed by atoms with Crippen LogP contribution in [0.15, 0.2) is 4.99 Å². The molecule has 0 aromatic carbocycles. The van der Waals surface area contributed by atoms with Gasteiger partial charge in [0.05, 0.1) is 6.10 Å². The standard InChI is InChI=1S/C17H32N4O2.HI/c1-11(2)9-18-16(19-10-13(22)21(5)6)20-14-12-7-8-23-15(12)17(14,3)4;/h11-12,14-15H,7-10H2,1-6H3,(H2,18,19,20);1H. The smallest absolute Gasteiger partial charge is 0.243 e. The quantitative estimate of drug-likeness (QED) is 0.379. The van der Waals surface area contributed by atoms with E-state index in [1.54, 1.807) is 19.0 Å². The molecule has 2 aliphatic rings. The second-order valence-electron chi connectivity index (χ2n) is 7.92. The number of rotatable bonds is 5. The molecule has 0 aromatic heterocycles. The van der Waals surface area contributed by atoms with Crippen LogP contribution in [0.3, 0.4) is 0 Å². The monoisotopic (exact) mass is 452 g/mol. The SMILES string of the molecule is CC(C)CNC(=NCC(=O)N(C)C)NC1C2CCOC2C1(C)C.I. The first-order valence-electron chi connectivity index (χ1n) is 8.60. The Morgan fingerprint density at radius 2 is 2.04 bits per heavy atom. The van der Waals surface area contributed by atoms with E-state index in [1.165, 1.54) is 0 Å². The fourth-order valence-electron chi connectivity index (χ4n) is 3.51. The Morgan fingerprint density at radius 1 is 1.38 bits per heavy atom. The van der Waals surface area contributed by atoms with E-state index < -0.39 is 0 Å². The number of carbonyl (C=O) groups excluding carboxylic acids is 1. The van der Waals surface area contributed by atoms with Crippen molar-refractivity contribution in [1.29, 1.82) is 0 Å². The van der Waals surface area contributed by atoms with Gasteiger partial charge in [0.15, 0.2) is 5.96 Å². The zero-order chi connectivity index (χ0) is 17.2. The zero-order valence-electron chi connectivity index (χ0n) is 15.8. The fourth-order valence-corrected chi connectivity index (χ4v) is 3.51. The summed E-state index contributed by atoms with van der Waals surface area (Å²) in [4.78, 5) is 17.9. The first-order chi connectivity index (χ1) is 10.7. The molecule has 1 saturated carbocycles. The topological polar surface area (TPSA) is 66.0 Å². The van der Waals surface area contributed by atoms with Crippen molar-refractivity contribution in [3.05, 3.63) is 0 Å². The minimum Gasteiger partial charge on any atom is -0.377 e. The lowest BCUT2D eigenvalue weighted by atomic mass is 9.57. The number of nitrogens with one attached hydrogen (secondary N) is 2. The summed E-state index contributed by atoms with van der Waals surface area (Å²) in [5.41, 5.74) is 0.0903. The van der Waals surface area contributed by atoms with Crippen molar-refractivity contribution in [3.8, 4) is 0 Å². The molecule has 0 radical (unpaired) electrons. The minimum atomic E-state index is 0. The molecule has 1 heterocycles. The third-order valence-corrected chi connectivity index (χ3v) is 4.94. The van der Waals surface area contributed by atoms with Crippen LogP contribution in [0.5, 0.6) is 0 Å². The average Bonchev–Trinajstić information content (AvgIpc) is 2.92. The van der Waals surface area contributed by atoms with Crippen molar-refractivity contribution in [2.75, 3.05) is 33.8 Å². The Hall–Kier alpha value is -0.570. The van der Waals surface area contributed by atoms with Gasteiger partial charge in [-0.1, -0.05) is 27.7 Å². The molecule has 0 bridgehead atoms. The number of aliphatic imine (C=N–C) groups is 1. The van der Waals surface area contributed by atoms with Gasteiger partial charge in [0.1, 0.15) is 6.54 Å². The van der Waals surface area contributed by atoms with Crippen LogP contribution >= 0.6 is 24.0 Å². The van der Waals surface area contributed by atoms with Gasteiger partial charge in [-0.05, 0) is 12.3 Å². The van der Waals surface area contributed by atoms with E-state index in [9.17, 15) is 4.79 Å². The molecular weight excluding hydrogens is 419 g/mol. The summed E-state index contributed by atoms with van der Waals surface area (Å²) in [5.74, 6) is 1.80. The number of likely N-dealkylation sites (N-methyl/N-ethyl adjacent to an activating group) is 1. The van der Waals surface area contributed by atoms with Gasteiger partial charge in [0.2, 0.25) is 5.91 Å². The average molecular weight is 452 g/mol. The van der Waals surface area contributed by atoms with Crippen molar-refractivity contribution >= 4 is 35.8 Å². The summed E-state index contributed by atoms with van der Waals surface area (Å²) in [7, 11) is 3.50. The minimum absolute atomic E-state index is 0. The molecule has 1 aliphatic heterocycles. The second kappa shape index (κ2) is 8.69. The lowest BCUT2D eigenvalue weighted by Gasteiger charge is -2.55. The van der Waals surface area contributed by atoms with Crippen molar-refractivity contribution in [3.63, 3.8) is 0 Å². The normalized spacial score (nSPS) is 27.8. The molecule has 0 spiro atoms. The van der Waals surface area contributed by atoms with Crippen molar-refractivity contribution in [1.82, 2.24) is 15.5 Å². The number of fused-ring (bicyclic) bond motifs is 1. The summed E-state index contributed by atoms with van der Waals surface area (Å²) in [6.07, 6.45) is 1.44. The van der Waals surface area contributed by atoms with E-state index in [-0.39, 0.29) is 41.8 Å². The predicted molar refractivity (Wildman–Crippen MR) is 108 cm³/mol. The molecular formula is C17H33IN4O2. The molecule has 0 aromatic rings. The molecule has 2 rings (SSSR count). The number of halogens is 1. The van der Waals surface area contributed by atoms with Crippen LogP contribution in [-0.2, 0) is 9.53 Å². The van der Waals surface area contributed by atoms with Gasteiger partial charge >= 0.3 is 0 Å². The first kappa shape index (κ1) is 21.5. The van der Waals surface area contributed by atoms with Gasteiger partial charge in [-0.25, -0.2) is 4.99 Å². The number of ether oxygens (including phenoxy) is 1. The van der Waals surface area contributed by atoms with E-state index in [4.69, 9.17) is 4.74 Å². The number of hydrogen-bond acceptors (Lipinski definition) is 3. The Bertz CT molecular complexity index is 466. The maximum atomic E-state index is 11.8. The van der Waals surface area contributed by atoms with Crippen LogP contribution in [-0.4, -0.2) is 62.7 Å². The summed E-state index contributed by atoms with van der Waals surface area (Å²) < 4.78 is 5.85. The number of hydrogen-bond donors (Lipinski definition) is 2. The molecule has 3 unspecified atom stereocenters. The zero-order valence-corrected chi connectivity index (χ0v) is 18.1. The van der Waals surface area contributed by atoms with Gasteiger partial charge in [-0.3, -0.25) is 4.79 Å². The summed E-state index contributed by atoms with van der Waals surface area (Å²) in [6.45, 7) is 10.6. The summed E-state index contributed by atoms with van der Waals surface area (Å²) >= 11 is 0. The summed E-state index contributed by atoms with van der Waals surface area (Å²) in [6, 6.07) is 0.336. The number of carbonyl (C=O) groups is 1. The van der Waals surface area contributed by atoms with E-state index in [1.807, 2.05) is 0 Å². The summed E-state index contributed by atoms with van der Waals surface area (Å²) in [5, 5.41) is 6.91. The highest BCUT2D eigenvalue weighted by atomic mass is 127. The number of nitrogens with zero attached hydrogens (tertiary/aromatic N) is 2. The third kappa shape index (κ3) is 4.74. The largest absolute Gasteiger partial charge is 0.377 e. The Morgan fingerprint density at radius 3 is 2.62 bits per heavy atom. The number of guanidine groups is 1. The first-order valence-corrected chi connectivity index (χ1v) is 8.60. The van der Waals surface area contributed by atoms with Crippen LogP contribution < -0.4 is 10.6 Å². The highest BCUT2D eigenvalue weighted by Gasteiger charge is 2.59. The Labute approximate surface area is 163 Å². The molecule has 7 heteroatoms. The second-order valence-corrected chi connectivity index (χ2v) is 7.92. The van der Waals surface area contributed by atoms with E-state index >= 15 is 0 Å². The van der Waals surface area contributed by atoms with Crippen LogP contribution in [0.2, 0.25) is 0 Å². The molecule has 2 fully saturated rings. The fraction of sp³-hybridized carbons (Fsp3) is 0.882.